The molecule has 7 nitrogen and oxygen atoms in total. The summed E-state index contributed by atoms with van der Waals surface area (Å²) in [6.07, 6.45) is 2.13. The van der Waals surface area contributed by atoms with E-state index in [0.29, 0.717) is 51.7 Å². The second-order valence-corrected chi connectivity index (χ2v) is 9.57. The van der Waals surface area contributed by atoms with Crippen molar-refractivity contribution in [2.45, 2.75) is 26.2 Å². The third-order valence-corrected chi connectivity index (χ3v) is 7.21. The van der Waals surface area contributed by atoms with Crippen molar-refractivity contribution in [3.63, 3.8) is 0 Å². The van der Waals surface area contributed by atoms with Crippen LogP contribution in [-0.2, 0) is 14.3 Å². The standard InChI is InChI=1S/C21H29N3O4S/c1-15-2-3-18(29-15)21(27)22-6-4-16(5-7-22)13-24-14-17(12-19(24)25)20(26)23-8-10-28-11-9-23/h2-3,16-17H,4-14H2,1H3. The largest absolute Gasteiger partial charge is 0.378 e. The van der Waals surface area contributed by atoms with Gasteiger partial charge in [0, 0.05) is 50.6 Å². The lowest BCUT2D eigenvalue weighted by Gasteiger charge is -2.34. The van der Waals surface area contributed by atoms with Crippen molar-refractivity contribution < 1.29 is 19.1 Å². The Morgan fingerprint density at radius 3 is 2.48 bits per heavy atom. The Labute approximate surface area is 175 Å². The maximum absolute atomic E-state index is 12.7. The molecule has 3 saturated heterocycles. The minimum Gasteiger partial charge on any atom is -0.378 e. The minimum absolute atomic E-state index is 0.0872. The first-order chi connectivity index (χ1) is 14.0. The molecule has 3 aliphatic rings. The van der Waals surface area contributed by atoms with Crippen molar-refractivity contribution in [3.8, 4) is 0 Å². The van der Waals surface area contributed by atoms with Gasteiger partial charge >= 0.3 is 0 Å². The lowest BCUT2D eigenvalue weighted by molar-refractivity contribution is -0.139. The van der Waals surface area contributed by atoms with Gasteiger partial charge in [-0.05, 0) is 37.8 Å². The molecule has 0 bridgehead atoms. The number of piperidine rings is 1. The predicted molar refractivity (Wildman–Crippen MR) is 110 cm³/mol. The summed E-state index contributed by atoms with van der Waals surface area (Å²) in [6, 6.07) is 3.89. The Morgan fingerprint density at radius 2 is 1.83 bits per heavy atom. The molecule has 0 aromatic carbocycles. The fourth-order valence-corrected chi connectivity index (χ4v) is 5.33. The van der Waals surface area contributed by atoms with Gasteiger partial charge in [-0.25, -0.2) is 0 Å². The van der Waals surface area contributed by atoms with Crippen LogP contribution in [0.5, 0.6) is 0 Å². The van der Waals surface area contributed by atoms with Crippen molar-refractivity contribution in [2.24, 2.45) is 11.8 Å². The van der Waals surface area contributed by atoms with E-state index in [1.807, 2.05) is 33.8 Å². The molecule has 3 fully saturated rings. The zero-order valence-corrected chi connectivity index (χ0v) is 17.8. The number of likely N-dealkylation sites (tertiary alicyclic amines) is 2. The van der Waals surface area contributed by atoms with E-state index >= 15 is 0 Å². The average molecular weight is 420 g/mol. The average Bonchev–Trinajstić information content (AvgIpc) is 3.34. The molecule has 3 aliphatic heterocycles. The van der Waals surface area contributed by atoms with E-state index in [9.17, 15) is 14.4 Å². The molecule has 29 heavy (non-hydrogen) atoms. The molecule has 8 heteroatoms. The highest BCUT2D eigenvalue weighted by Crippen LogP contribution is 2.26. The topological polar surface area (TPSA) is 70.2 Å². The van der Waals surface area contributed by atoms with Gasteiger partial charge in [0.2, 0.25) is 11.8 Å². The highest BCUT2D eigenvalue weighted by Gasteiger charge is 2.38. The maximum Gasteiger partial charge on any atom is 0.263 e. The number of nitrogens with zero attached hydrogens (tertiary/aromatic N) is 3. The molecular formula is C21H29N3O4S. The number of carbonyl (C=O) groups is 3. The van der Waals surface area contributed by atoms with Gasteiger partial charge in [0.15, 0.2) is 0 Å². The highest BCUT2D eigenvalue weighted by molar-refractivity contribution is 7.13. The van der Waals surface area contributed by atoms with Gasteiger partial charge in [-0.15, -0.1) is 11.3 Å². The number of aryl methyl sites for hydroxylation is 1. The van der Waals surface area contributed by atoms with E-state index in [2.05, 4.69) is 0 Å². The third-order valence-electron chi connectivity index (χ3n) is 6.22. The van der Waals surface area contributed by atoms with Crippen LogP contribution in [0.15, 0.2) is 12.1 Å². The summed E-state index contributed by atoms with van der Waals surface area (Å²) in [5.41, 5.74) is 0. The first-order valence-electron chi connectivity index (χ1n) is 10.5. The van der Waals surface area contributed by atoms with Crippen molar-refractivity contribution in [1.82, 2.24) is 14.7 Å². The number of carbonyl (C=O) groups excluding carboxylic acids is 3. The van der Waals surface area contributed by atoms with Crippen molar-refractivity contribution in [3.05, 3.63) is 21.9 Å². The molecule has 0 spiro atoms. The number of amides is 3. The number of thiophene rings is 1. The molecule has 1 unspecified atom stereocenters. The van der Waals surface area contributed by atoms with Crippen molar-refractivity contribution in [1.29, 1.82) is 0 Å². The number of rotatable bonds is 4. The van der Waals surface area contributed by atoms with Gasteiger partial charge in [-0.3, -0.25) is 14.4 Å². The zero-order chi connectivity index (χ0) is 20.4. The van der Waals surface area contributed by atoms with E-state index in [4.69, 9.17) is 4.74 Å². The van der Waals surface area contributed by atoms with Gasteiger partial charge < -0.3 is 19.4 Å². The Balaban J connectivity index is 1.25. The molecule has 0 N–H and O–H groups in total. The molecule has 0 radical (unpaired) electrons. The number of hydrogen-bond donors (Lipinski definition) is 0. The molecule has 1 aromatic rings. The van der Waals surface area contributed by atoms with Crippen LogP contribution in [0.2, 0.25) is 0 Å². The van der Waals surface area contributed by atoms with E-state index < -0.39 is 0 Å². The quantitative estimate of drug-likeness (QED) is 0.744. The Hall–Kier alpha value is -1.93. The van der Waals surface area contributed by atoms with E-state index in [0.717, 1.165) is 35.7 Å². The molecule has 1 aromatic heterocycles. The second kappa shape index (κ2) is 8.83. The van der Waals surface area contributed by atoms with Gasteiger partial charge in [0.25, 0.3) is 5.91 Å². The number of hydrogen-bond acceptors (Lipinski definition) is 5. The molecule has 4 heterocycles. The van der Waals surface area contributed by atoms with Gasteiger partial charge in [0.05, 0.1) is 24.0 Å². The van der Waals surface area contributed by atoms with E-state index in [1.165, 1.54) is 0 Å². The molecule has 0 aliphatic carbocycles. The molecule has 158 valence electrons. The van der Waals surface area contributed by atoms with Crippen LogP contribution in [0.1, 0.15) is 33.8 Å². The maximum atomic E-state index is 12.7. The van der Waals surface area contributed by atoms with Crippen LogP contribution in [0, 0.1) is 18.8 Å². The van der Waals surface area contributed by atoms with Crippen LogP contribution in [0.25, 0.3) is 0 Å². The first-order valence-corrected chi connectivity index (χ1v) is 11.3. The van der Waals surface area contributed by atoms with Crippen LogP contribution in [0.3, 0.4) is 0 Å². The summed E-state index contributed by atoms with van der Waals surface area (Å²) in [5.74, 6) is 0.476. The van der Waals surface area contributed by atoms with Crippen molar-refractivity contribution in [2.75, 3.05) is 52.5 Å². The first kappa shape index (κ1) is 20.3. The smallest absolute Gasteiger partial charge is 0.263 e. The minimum atomic E-state index is -0.218. The van der Waals surface area contributed by atoms with E-state index in [1.54, 1.807) is 11.3 Å². The zero-order valence-electron chi connectivity index (χ0n) is 17.0. The van der Waals surface area contributed by atoms with E-state index in [-0.39, 0.29) is 23.6 Å². The van der Waals surface area contributed by atoms with Crippen LogP contribution >= 0.6 is 11.3 Å². The summed E-state index contributed by atoms with van der Waals surface area (Å²) >= 11 is 1.54. The number of ether oxygens (including phenoxy) is 1. The monoisotopic (exact) mass is 419 g/mol. The second-order valence-electron chi connectivity index (χ2n) is 8.28. The molecule has 3 amide bonds. The molecular weight excluding hydrogens is 390 g/mol. The van der Waals surface area contributed by atoms with Gasteiger partial charge in [-0.2, -0.15) is 0 Å². The van der Waals surface area contributed by atoms with Crippen LogP contribution < -0.4 is 0 Å². The van der Waals surface area contributed by atoms with Gasteiger partial charge in [0.1, 0.15) is 0 Å². The Morgan fingerprint density at radius 1 is 1.10 bits per heavy atom. The summed E-state index contributed by atoms with van der Waals surface area (Å²) in [4.78, 5) is 45.4. The fraction of sp³-hybridized carbons (Fsp3) is 0.667. The molecule has 1 atom stereocenters. The highest BCUT2D eigenvalue weighted by atomic mass is 32.1. The molecule has 4 rings (SSSR count). The fourth-order valence-electron chi connectivity index (χ4n) is 4.49. The third kappa shape index (κ3) is 4.64. The number of morpholine rings is 1. The normalized spacial score (nSPS) is 23.7. The Kier molecular flexibility index (Phi) is 6.20. The Bertz CT molecular complexity index is 766. The molecule has 0 saturated carbocycles. The lowest BCUT2D eigenvalue weighted by atomic mass is 9.96. The van der Waals surface area contributed by atoms with Gasteiger partial charge in [-0.1, -0.05) is 0 Å². The van der Waals surface area contributed by atoms with Crippen LogP contribution in [0.4, 0.5) is 0 Å². The van der Waals surface area contributed by atoms with Crippen molar-refractivity contribution >= 4 is 29.1 Å². The lowest BCUT2D eigenvalue weighted by Crippen LogP contribution is -2.44. The summed E-state index contributed by atoms with van der Waals surface area (Å²) in [5, 5.41) is 0. The summed E-state index contributed by atoms with van der Waals surface area (Å²) in [7, 11) is 0. The SMILES string of the molecule is Cc1ccc(C(=O)N2CCC(CN3CC(C(=O)N4CCOCC4)CC3=O)CC2)s1. The van der Waals surface area contributed by atoms with Crippen LogP contribution in [-0.4, -0.2) is 84.9 Å². The summed E-state index contributed by atoms with van der Waals surface area (Å²) < 4.78 is 5.31. The predicted octanol–water partition coefficient (Wildman–Crippen LogP) is 1.62. The summed E-state index contributed by atoms with van der Waals surface area (Å²) in [6.45, 7) is 7.13.